The standard InChI is InChI=1S/C26H39ClO6/c1-16(7-9-27)19-4-5-20-24-21(12-23(33-15-30)26(19,20)3)25(2)8-6-18(31-13-28)10-17(25)11-22(24)32-14-29/h13-24H,4-12H2,1-3H3/t16-,17+,18-,19-,20+,21+,22-,23+,24+,25+,26-/m1/s1. The highest BCUT2D eigenvalue weighted by atomic mass is 35.5. The average molecular weight is 483 g/mol. The van der Waals surface area contributed by atoms with Gasteiger partial charge in [-0.05, 0) is 86.4 Å². The second-order valence-electron chi connectivity index (χ2n) is 11.6. The van der Waals surface area contributed by atoms with Crippen LogP contribution in [-0.4, -0.2) is 43.6 Å². The molecule has 4 aliphatic carbocycles. The summed E-state index contributed by atoms with van der Waals surface area (Å²) in [6.45, 7) is 8.75. The molecule has 0 N–H and O–H groups in total. The molecule has 0 aromatic rings. The van der Waals surface area contributed by atoms with E-state index in [1.54, 1.807) is 0 Å². The maximum atomic E-state index is 11.6. The molecule has 0 aromatic carbocycles. The second kappa shape index (κ2) is 9.75. The van der Waals surface area contributed by atoms with Crippen molar-refractivity contribution in [3.8, 4) is 0 Å². The molecule has 0 aromatic heterocycles. The first-order valence-corrected chi connectivity index (χ1v) is 13.2. The van der Waals surface area contributed by atoms with Gasteiger partial charge in [-0.15, -0.1) is 11.6 Å². The van der Waals surface area contributed by atoms with Gasteiger partial charge < -0.3 is 14.2 Å². The van der Waals surface area contributed by atoms with Gasteiger partial charge in [0.15, 0.2) is 0 Å². The smallest absolute Gasteiger partial charge is 0.293 e. The Morgan fingerprint density at radius 2 is 1.67 bits per heavy atom. The molecule has 0 aliphatic heterocycles. The normalized spacial score (nSPS) is 47.3. The molecule has 11 atom stereocenters. The third-order valence-corrected chi connectivity index (χ3v) is 10.9. The topological polar surface area (TPSA) is 78.9 Å². The Bertz CT molecular complexity index is 732. The van der Waals surface area contributed by atoms with E-state index in [2.05, 4.69) is 20.8 Å². The van der Waals surface area contributed by atoms with Crippen LogP contribution >= 0.6 is 11.6 Å². The summed E-state index contributed by atoms with van der Waals surface area (Å²) in [5, 5.41) is 0. The lowest BCUT2D eigenvalue weighted by Gasteiger charge is -2.64. The van der Waals surface area contributed by atoms with Gasteiger partial charge >= 0.3 is 0 Å². The molecule has 4 fully saturated rings. The van der Waals surface area contributed by atoms with E-state index in [1.807, 2.05) is 0 Å². The molecule has 0 radical (unpaired) electrons. The summed E-state index contributed by atoms with van der Waals surface area (Å²) in [6.07, 6.45) is 6.95. The van der Waals surface area contributed by atoms with E-state index in [0.29, 0.717) is 54.9 Å². The van der Waals surface area contributed by atoms with Crippen molar-refractivity contribution < 1.29 is 28.6 Å². The van der Waals surface area contributed by atoms with E-state index in [9.17, 15) is 14.4 Å². The molecular weight excluding hydrogens is 444 g/mol. The van der Waals surface area contributed by atoms with Crippen LogP contribution in [0.15, 0.2) is 0 Å². The maximum Gasteiger partial charge on any atom is 0.293 e. The third-order valence-electron chi connectivity index (χ3n) is 10.7. The molecule has 0 bridgehead atoms. The number of halogens is 1. The van der Waals surface area contributed by atoms with Crippen molar-refractivity contribution in [2.75, 3.05) is 5.88 Å². The van der Waals surface area contributed by atoms with E-state index in [0.717, 1.165) is 51.4 Å². The number of alkyl halides is 1. The van der Waals surface area contributed by atoms with Crippen molar-refractivity contribution in [1.29, 1.82) is 0 Å². The van der Waals surface area contributed by atoms with Crippen molar-refractivity contribution in [2.45, 2.75) is 90.4 Å². The zero-order valence-electron chi connectivity index (χ0n) is 20.1. The summed E-state index contributed by atoms with van der Waals surface area (Å²) in [5.41, 5.74) is -0.110. The van der Waals surface area contributed by atoms with Gasteiger partial charge in [-0.1, -0.05) is 20.8 Å². The molecule has 4 saturated carbocycles. The van der Waals surface area contributed by atoms with E-state index >= 15 is 0 Å². The zero-order chi connectivity index (χ0) is 23.8. The van der Waals surface area contributed by atoms with Gasteiger partial charge in [0, 0.05) is 17.2 Å². The van der Waals surface area contributed by atoms with Gasteiger partial charge in [0.2, 0.25) is 0 Å². The largest absolute Gasteiger partial charge is 0.465 e. The molecule has 0 saturated heterocycles. The molecule has 186 valence electrons. The number of fused-ring (bicyclic) bond motifs is 5. The van der Waals surface area contributed by atoms with Crippen LogP contribution in [0, 0.1) is 46.3 Å². The fourth-order valence-corrected chi connectivity index (χ4v) is 9.47. The van der Waals surface area contributed by atoms with Crippen LogP contribution in [0.1, 0.15) is 72.1 Å². The minimum atomic E-state index is -0.154. The monoisotopic (exact) mass is 482 g/mol. The quantitative estimate of drug-likeness (QED) is 0.268. The van der Waals surface area contributed by atoms with Crippen LogP contribution in [0.5, 0.6) is 0 Å². The minimum Gasteiger partial charge on any atom is -0.465 e. The molecule has 0 heterocycles. The van der Waals surface area contributed by atoms with Crippen molar-refractivity contribution in [3.05, 3.63) is 0 Å². The van der Waals surface area contributed by atoms with Crippen LogP contribution in [-0.2, 0) is 28.6 Å². The number of carbonyl (C=O) groups excluding carboxylic acids is 3. The summed E-state index contributed by atoms with van der Waals surface area (Å²) in [7, 11) is 0. The van der Waals surface area contributed by atoms with E-state index in [4.69, 9.17) is 25.8 Å². The minimum absolute atomic E-state index is 0.0435. The lowest BCUT2D eigenvalue weighted by Crippen LogP contribution is -2.63. The van der Waals surface area contributed by atoms with E-state index < -0.39 is 0 Å². The number of carbonyl (C=O) groups is 3. The molecule has 6 nitrogen and oxygen atoms in total. The third kappa shape index (κ3) is 3.98. The molecule has 7 heteroatoms. The average Bonchev–Trinajstić information content (AvgIpc) is 3.14. The van der Waals surface area contributed by atoms with Crippen LogP contribution in [0.25, 0.3) is 0 Å². The lowest BCUT2D eigenvalue weighted by atomic mass is 9.43. The lowest BCUT2D eigenvalue weighted by molar-refractivity contribution is -0.218. The van der Waals surface area contributed by atoms with Gasteiger partial charge in [-0.25, -0.2) is 0 Å². The summed E-state index contributed by atoms with van der Waals surface area (Å²) in [5.74, 6) is 2.68. The van der Waals surface area contributed by atoms with Gasteiger partial charge in [0.1, 0.15) is 18.3 Å². The van der Waals surface area contributed by atoms with Crippen LogP contribution in [0.4, 0.5) is 0 Å². The molecule has 0 spiro atoms. The highest BCUT2D eigenvalue weighted by Gasteiger charge is 2.67. The fourth-order valence-electron chi connectivity index (χ4n) is 9.12. The highest BCUT2D eigenvalue weighted by Crippen LogP contribution is 2.69. The number of hydrogen-bond acceptors (Lipinski definition) is 6. The highest BCUT2D eigenvalue weighted by molar-refractivity contribution is 6.17. The summed E-state index contributed by atoms with van der Waals surface area (Å²) < 4.78 is 17.0. The predicted octanol–water partition coefficient (Wildman–Crippen LogP) is 4.75. The Balaban J connectivity index is 1.71. The Hall–Kier alpha value is -1.30. The predicted molar refractivity (Wildman–Crippen MR) is 123 cm³/mol. The fraction of sp³-hybridized carbons (Fsp3) is 0.885. The molecule has 4 rings (SSSR count). The van der Waals surface area contributed by atoms with Crippen LogP contribution in [0.2, 0.25) is 0 Å². The summed E-state index contributed by atoms with van der Waals surface area (Å²) in [4.78, 5) is 34.2. The maximum absolute atomic E-state index is 11.6. The van der Waals surface area contributed by atoms with Gasteiger partial charge in [-0.2, -0.15) is 0 Å². The van der Waals surface area contributed by atoms with Crippen molar-refractivity contribution in [1.82, 2.24) is 0 Å². The first kappa shape index (κ1) is 24.8. The Morgan fingerprint density at radius 3 is 2.33 bits per heavy atom. The van der Waals surface area contributed by atoms with Crippen molar-refractivity contribution >= 4 is 31.0 Å². The summed E-state index contributed by atoms with van der Waals surface area (Å²) in [6, 6.07) is 0. The van der Waals surface area contributed by atoms with Crippen LogP contribution in [0.3, 0.4) is 0 Å². The second-order valence-corrected chi connectivity index (χ2v) is 12.0. The molecule has 4 aliphatic rings. The molecule has 0 amide bonds. The molecular formula is C26H39ClO6. The number of ether oxygens (including phenoxy) is 3. The van der Waals surface area contributed by atoms with Gasteiger partial charge in [0.05, 0.1) is 0 Å². The van der Waals surface area contributed by atoms with Crippen LogP contribution < -0.4 is 0 Å². The summed E-state index contributed by atoms with van der Waals surface area (Å²) >= 11 is 6.12. The van der Waals surface area contributed by atoms with Crippen molar-refractivity contribution in [2.24, 2.45) is 46.3 Å². The number of rotatable bonds is 9. The first-order chi connectivity index (χ1) is 15.8. The molecule has 0 unspecified atom stereocenters. The Labute approximate surface area is 202 Å². The Kier molecular flexibility index (Phi) is 7.33. The SMILES string of the molecule is C[C@H](CCCl)[C@H]1CC[C@H]2[C@@H]3[C@H](OC=O)C[C@@H]4C[C@H](OC=O)CC[C@]4(C)[C@H]3C[C@H](OC=O)[C@]12C. The molecule has 33 heavy (non-hydrogen) atoms. The number of hydrogen-bond donors (Lipinski definition) is 0. The van der Waals surface area contributed by atoms with Gasteiger partial charge in [-0.3, -0.25) is 14.4 Å². The van der Waals surface area contributed by atoms with Gasteiger partial charge in [0.25, 0.3) is 19.4 Å². The first-order valence-electron chi connectivity index (χ1n) is 12.7. The Morgan fingerprint density at radius 1 is 0.939 bits per heavy atom. The van der Waals surface area contributed by atoms with E-state index in [1.165, 1.54) is 0 Å². The van der Waals surface area contributed by atoms with E-state index in [-0.39, 0.29) is 35.1 Å². The zero-order valence-corrected chi connectivity index (χ0v) is 20.9. The van der Waals surface area contributed by atoms with Crippen molar-refractivity contribution in [3.63, 3.8) is 0 Å².